The van der Waals surface area contributed by atoms with Crippen molar-refractivity contribution in [1.29, 1.82) is 0 Å². The molecule has 0 atom stereocenters. The van der Waals surface area contributed by atoms with Crippen LogP contribution in [0.5, 0.6) is 0 Å². The lowest BCUT2D eigenvalue weighted by Gasteiger charge is -2.02. The van der Waals surface area contributed by atoms with Gasteiger partial charge in [-0.05, 0) is 313 Å². The Morgan fingerprint density at radius 3 is 0.723 bits per heavy atom. The van der Waals surface area contributed by atoms with Crippen LogP contribution in [0.4, 0.5) is 0 Å². The second kappa shape index (κ2) is 42.2. The van der Waals surface area contributed by atoms with Gasteiger partial charge in [-0.15, -0.1) is 0 Å². The maximum absolute atomic E-state index is 4.42. The molecule has 0 bridgehead atoms. The summed E-state index contributed by atoms with van der Waals surface area (Å²) < 4.78 is 0. The lowest BCUT2D eigenvalue weighted by molar-refractivity contribution is 1.15. The molecule has 0 aliphatic heterocycles. The van der Waals surface area contributed by atoms with E-state index >= 15 is 0 Å². The van der Waals surface area contributed by atoms with Gasteiger partial charge in [0.1, 0.15) is 0 Å². The second-order valence-electron chi connectivity index (χ2n) is 27.1. The molecule has 0 saturated heterocycles. The van der Waals surface area contributed by atoms with Crippen molar-refractivity contribution in [2.75, 3.05) is 0 Å². The van der Waals surface area contributed by atoms with Gasteiger partial charge < -0.3 is 0 Å². The lowest BCUT2D eigenvalue weighted by atomic mass is 10.1. The molecule has 0 aromatic carbocycles. The Morgan fingerprint density at radius 1 is 0.143 bits per heavy atom. The van der Waals surface area contributed by atoms with E-state index in [0.29, 0.717) is 0 Å². The first-order chi connectivity index (χ1) is 54.0. The van der Waals surface area contributed by atoms with Crippen LogP contribution in [0.3, 0.4) is 0 Å². The van der Waals surface area contributed by atoms with Crippen molar-refractivity contribution < 1.29 is 0 Å². The molecule has 0 radical (unpaired) electrons. The Morgan fingerprint density at radius 2 is 0.429 bits per heavy atom. The highest BCUT2D eigenvalue weighted by Gasteiger charge is 2.07. The standard InChI is InChI=1S/8C12H12N2/c1-9-3-6-12(14-7-9)11-5-4-10(2)13-8-11;1-9-7-11(3-5-13-9)12-4-6-14-10(2)8-12;1-9-3-5-11(7-13-9)12-6-4-10(2)14-8-12;1-9-3-5-13-11(7-9)12-8-10(2)4-6-14-12;1-9-3-5-11(13-7-9)12-6-4-10(2)8-14-12;1-9-5-3-7-11(13-9)12-8-4-6-10(2)14-12;1-9-3-4-12(8-14-9)11-5-6-13-10(2)7-11;1-9-3-4-12(14-8-9)11-5-6-13-10(2)7-11/h8*3-8H,1-2H3. The average molecular weight is 1470 g/mol. The average Bonchev–Trinajstić information content (AvgIpc) is 0.875. The number of aryl methyl sites for hydroxylation is 16. The molecule has 16 heteroatoms. The molecule has 0 saturated carbocycles. The van der Waals surface area contributed by atoms with Crippen molar-refractivity contribution in [3.8, 4) is 90.1 Å². The van der Waals surface area contributed by atoms with E-state index in [4.69, 9.17) is 0 Å². The van der Waals surface area contributed by atoms with Gasteiger partial charge in [0, 0.05) is 172 Å². The van der Waals surface area contributed by atoms with Crippen LogP contribution in [-0.2, 0) is 0 Å². The fraction of sp³-hybridized carbons (Fsp3) is 0.167. The fourth-order valence-electron chi connectivity index (χ4n) is 10.7. The van der Waals surface area contributed by atoms with Crippen LogP contribution in [0.25, 0.3) is 90.1 Å². The summed E-state index contributed by atoms with van der Waals surface area (Å²) in [5, 5.41) is 0. The lowest BCUT2D eigenvalue weighted by Crippen LogP contribution is -1.90. The van der Waals surface area contributed by atoms with E-state index in [0.717, 1.165) is 130 Å². The topological polar surface area (TPSA) is 206 Å². The third-order valence-electron chi connectivity index (χ3n) is 16.9. The zero-order valence-electron chi connectivity index (χ0n) is 66.9. The van der Waals surface area contributed by atoms with E-state index in [2.05, 4.69) is 142 Å². The molecule has 16 heterocycles. The number of aromatic nitrogens is 16. The summed E-state index contributed by atoms with van der Waals surface area (Å²) in [5.41, 5.74) is 34.1. The molecule has 16 nitrogen and oxygen atoms in total. The van der Waals surface area contributed by atoms with Gasteiger partial charge in [-0.2, -0.15) is 0 Å². The number of hydrogen-bond donors (Lipinski definition) is 0. The molecule has 112 heavy (non-hydrogen) atoms. The minimum absolute atomic E-state index is 0.926. The maximum atomic E-state index is 4.42. The molecule has 0 unspecified atom stereocenters. The third-order valence-corrected chi connectivity index (χ3v) is 16.9. The highest BCUT2D eigenvalue weighted by molar-refractivity contribution is 5.65. The van der Waals surface area contributed by atoms with E-state index < -0.39 is 0 Å². The summed E-state index contributed by atoms with van der Waals surface area (Å²) in [4.78, 5) is 68.4. The van der Waals surface area contributed by atoms with Gasteiger partial charge in [-0.3, -0.25) is 79.7 Å². The molecule has 0 amide bonds. The maximum Gasteiger partial charge on any atom is 0.0889 e. The van der Waals surface area contributed by atoms with Crippen molar-refractivity contribution in [3.05, 3.63) is 383 Å². The van der Waals surface area contributed by atoms with Crippen LogP contribution < -0.4 is 0 Å². The van der Waals surface area contributed by atoms with Crippen LogP contribution in [0.15, 0.2) is 293 Å². The normalized spacial score (nSPS) is 10.1. The van der Waals surface area contributed by atoms with Crippen molar-refractivity contribution in [2.24, 2.45) is 0 Å². The first-order valence-corrected chi connectivity index (χ1v) is 36.9. The largest absolute Gasteiger partial charge is 0.262 e. The first kappa shape index (κ1) is 82.5. The molecular formula is C96H96N16. The Kier molecular flexibility index (Phi) is 31.1. The molecule has 0 N–H and O–H groups in total. The molecule has 0 aliphatic carbocycles. The van der Waals surface area contributed by atoms with Crippen molar-refractivity contribution in [1.82, 2.24) is 79.7 Å². The summed E-state index contributed by atoms with van der Waals surface area (Å²) in [7, 11) is 0. The van der Waals surface area contributed by atoms with Gasteiger partial charge in [0.15, 0.2) is 0 Å². The second-order valence-corrected chi connectivity index (χ2v) is 27.1. The summed E-state index contributed by atoms with van der Waals surface area (Å²) in [5.74, 6) is 0. The predicted octanol–water partition coefficient (Wildman–Crippen LogP) is 22.1. The van der Waals surface area contributed by atoms with Gasteiger partial charge in [0.25, 0.3) is 0 Å². The summed E-state index contributed by atoms with van der Waals surface area (Å²) in [6.07, 6.45) is 25.9. The monoisotopic (exact) mass is 1470 g/mol. The number of nitrogens with zero attached hydrogens (tertiary/aromatic N) is 16. The van der Waals surface area contributed by atoms with Gasteiger partial charge in [-0.1, -0.05) is 54.6 Å². The Balaban J connectivity index is 0.000000147. The van der Waals surface area contributed by atoms with Crippen molar-refractivity contribution in [3.63, 3.8) is 0 Å². The van der Waals surface area contributed by atoms with Crippen LogP contribution in [-0.4, -0.2) is 79.7 Å². The highest BCUT2D eigenvalue weighted by Crippen LogP contribution is 2.24. The Hall–Kier alpha value is -13.6. The van der Waals surface area contributed by atoms with Crippen LogP contribution in [0.1, 0.15) is 90.3 Å². The molecule has 16 aromatic heterocycles. The van der Waals surface area contributed by atoms with Crippen LogP contribution >= 0.6 is 0 Å². The fourth-order valence-corrected chi connectivity index (χ4v) is 10.7. The quantitative estimate of drug-likeness (QED) is 0.139. The summed E-state index contributed by atoms with van der Waals surface area (Å²) in [6.45, 7) is 32.1. The molecular weight excluding hydrogens is 1380 g/mol. The molecule has 16 rings (SSSR count). The molecule has 0 aliphatic rings. The number of pyridine rings is 16. The van der Waals surface area contributed by atoms with Gasteiger partial charge in [0.05, 0.1) is 45.6 Å². The first-order valence-electron chi connectivity index (χ1n) is 36.9. The van der Waals surface area contributed by atoms with Gasteiger partial charge in [0.2, 0.25) is 0 Å². The summed E-state index contributed by atoms with van der Waals surface area (Å²) in [6, 6.07) is 68.8. The molecule has 0 fully saturated rings. The molecule has 16 aromatic rings. The zero-order chi connectivity index (χ0) is 79.7. The van der Waals surface area contributed by atoms with Crippen molar-refractivity contribution >= 4 is 0 Å². The van der Waals surface area contributed by atoms with E-state index in [-0.39, 0.29) is 0 Å². The van der Waals surface area contributed by atoms with Gasteiger partial charge in [-0.25, -0.2) is 0 Å². The van der Waals surface area contributed by atoms with Crippen LogP contribution in [0.2, 0.25) is 0 Å². The van der Waals surface area contributed by atoms with Gasteiger partial charge >= 0.3 is 0 Å². The smallest absolute Gasteiger partial charge is 0.0889 e. The van der Waals surface area contributed by atoms with Crippen molar-refractivity contribution in [2.45, 2.75) is 111 Å². The summed E-state index contributed by atoms with van der Waals surface area (Å²) >= 11 is 0. The minimum Gasteiger partial charge on any atom is -0.262 e. The Labute approximate surface area is 660 Å². The number of hydrogen-bond acceptors (Lipinski definition) is 16. The third kappa shape index (κ3) is 27.6. The SMILES string of the molecule is Cc1cc(-c2ccnc(C)c2)ccn1.Cc1ccc(-c2ccc(C)cn2)nc1.Cc1ccc(-c2ccc(C)nc2)cn1.Cc1ccc(-c2ccc(C)nc2)nc1.Cc1ccc(-c2ccnc(C)c2)cn1.Cc1ccc(-c2ccnc(C)c2)nc1.Cc1cccc(-c2cccc(C)n2)n1.Cc1ccnc(-c2cc(C)ccn2)c1. The molecule has 0 spiro atoms. The zero-order valence-corrected chi connectivity index (χ0v) is 66.9. The minimum atomic E-state index is 0.926. The van der Waals surface area contributed by atoms with E-state index in [1.165, 1.54) is 50.1 Å². The van der Waals surface area contributed by atoms with E-state index in [1.54, 1.807) is 0 Å². The predicted molar refractivity (Wildman–Crippen MR) is 456 cm³/mol. The molecule has 560 valence electrons. The highest BCUT2D eigenvalue weighted by atomic mass is 14.8. The van der Waals surface area contributed by atoms with E-state index in [9.17, 15) is 0 Å². The van der Waals surface area contributed by atoms with E-state index in [1.807, 2.05) is 341 Å². The number of rotatable bonds is 8. The van der Waals surface area contributed by atoms with Crippen LogP contribution in [0, 0.1) is 111 Å². The Bertz CT molecular complexity index is 4780.